The maximum Gasteiger partial charge on any atom is 0.264 e. The standard InChI is InChI=1S/C12H7BrCl2F2/c13-9-3-1-2-7-6(9)4-5-8(12(16)17)10(7)11(14)15/h1-5,11-12H. The SMILES string of the molecule is FC(F)c1ccc2c(Br)cccc2c1C(Cl)Cl. The lowest BCUT2D eigenvalue weighted by atomic mass is 10.00. The van der Waals surface area contributed by atoms with Gasteiger partial charge in [-0.1, -0.05) is 40.2 Å². The van der Waals surface area contributed by atoms with Gasteiger partial charge in [0.2, 0.25) is 0 Å². The van der Waals surface area contributed by atoms with Crippen LogP contribution in [0.2, 0.25) is 0 Å². The zero-order valence-corrected chi connectivity index (χ0v) is 11.5. The molecule has 0 unspecified atom stereocenters. The molecule has 17 heavy (non-hydrogen) atoms. The van der Waals surface area contributed by atoms with E-state index >= 15 is 0 Å². The summed E-state index contributed by atoms with van der Waals surface area (Å²) >= 11 is 15.0. The Kier molecular flexibility index (Phi) is 3.91. The Morgan fingerprint density at radius 2 is 1.71 bits per heavy atom. The van der Waals surface area contributed by atoms with Crippen LogP contribution < -0.4 is 0 Å². The number of alkyl halides is 4. The highest BCUT2D eigenvalue weighted by Gasteiger charge is 2.20. The Labute approximate surface area is 116 Å². The first-order chi connectivity index (χ1) is 8.02. The van der Waals surface area contributed by atoms with E-state index in [0.717, 1.165) is 9.86 Å². The maximum absolute atomic E-state index is 12.9. The van der Waals surface area contributed by atoms with Crippen LogP contribution in [0.4, 0.5) is 8.78 Å². The van der Waals surface area contributed by atoms with Gasteiger partial charge in [0.05, 0.1) is 0 Å². The number of benzene rings is 2. The minimum Gasteiger partial charge on any atom is -0.205 e. The molecule has 5 heteroatoms. The second-order valence-electron chi connectivity index (χ2n) is 3.50. The average molecular weight is 340 g/mol. The van der Waals surface area contributed by atoms with Crippen LogP contribution in [0.1, 0.15) is 22.4 Å². The minimum absolute atomic E-state index is 0.120. The molecular weight excluding hydrogens is 333 g/mol. The van der Waals surface area contributed by atoms with Crippen LogP contribution in [-0.4, -0.2) is 0 Å². The van der Waals surface area contributed by atoms with Gasteiger partial charge >= 0.3 is 0 Å². The van der Waals surface area contributed by atoms with Crippen LogP contribution in [0.25, 0.3) is 10.8 Å². The lowest BCUT2D eigenvalue weighted by molar-refractivity contribution is 0.150. The van der Waals surface area contributed by atoms with Crippen molar-refractivity contribution < 1.29 is 8.78 Å². The molecule has 0 bridgehead atoms. The van der Waals surface area contributed by atoms with Crippen molar-refractivity contribution in [3.63, 3.8) is 0 Å². The van der Waals surface area contributed by atoms with Crippen molar-refractivity contribution in [2.45, 2.75) is 11.3 Å². The van der Waals surface area contributed by atoms with Crippen LogP contribution in [0, 0.1) is 0 Å². The van der Waals surface area contributed by atoms with Crippen LogP contribution >= 0.6 is 39.1 Å². The highest BCUT2D eigenvalue weighted by atomic mass is 79.9. The molecule has 0 aromatic heterocycles. The summed E-state index contributed by atoms with van der Waals surface area (Å²) in [5.74, 6) is 0. The lowest BCUT2D eigenvalue weighted by Crippen LogP contribution is -1.96. The predicted octanol–water partition coefficient (Wildman–Crippen LogP) is 6.02. The van der Waals surface area contributed by atoms with E-state index in [1.165, 1.54) is 6.07 Å². The fourth-order valence-electron chi connectivity index (χ4n) is 1.79. The quantitative estimate of drug-likeness (QED) is 0.587. The third kappa shape index (κ3) is 2.42. The third-order valence-electron chi connectivity index (χ3n) is 2.54. The van der Waals surface area contributed by atoms with E-state index < -0.39 is 11.3 Å². The van der Waals surface area contributed by atoms with Crippen LogP contribution in [0.15, 0.2) is 34.8 Å². The topological polar surface area (TPSA) is 0 Å². The van der Waals surface area contributed by atoms with Crippen molar-refractivity contribution in [2.75, 3.05) is 0 Å². The fourth-order valence-corrected chi connectivity index (χ4v) is 2.78. The van der Waals surface area contributed by atoms with Crippen molar-refractivity contribution in [3.8, 4) is 0 Å². The Morgan fingerprint density at radius 1 is 1.00 bits per heavy atom. The van der Waals surface area contributed by atoms with E-state index in [0.29, 0.717) is 5.39 Å². The van der Waals surface area contributed by atoms with E-state index in [2.05, 4.69) is 15.9 Å². The van der Waals surface area contributed by atoms with E-state index in [4.69, 9.17) is 23.2 Å². The molecule has 0 aliphatic rings. The van der Waals surface area contributed by atoms with E-state index in [1.807, 2.05) is 6.07 Å². The molecule has 0 saturated heterocycles. The highest BCUT2D eigenvalue weighted by molar-refractivity contribution is 9.10. The molecule has 2 aromatic rings. The zero-order chi connectivity index (χ0) is 12.6. The van der Waals surface area contributed by atoms with Gasteiger partial charge in [-0.15, -0.1) is 23.2 Å². The number of halogens is 5. The minimum atomic E-state index is -2.59. The van der Waals surface area contributed by atoms with Crippen LogP contribution in [0.5, 0.6) is 0 Å². The predicted molar refractivity (Wildman–Crippen MR) is 71.1 cm³/mol. The third-order valence-corrected chi connectivity index (χ3v) is 3.66. The first-order valence-corrected chi connectivity index (χ1v) is 6.46. The van der Waals surface area contributed by atoms with Crippen LogP contribution in [0.3, 0.4) is 0 Å². The van der Waals surface area contributed by atoms with Gasteiger partial charge in [0.15, 0.2) is 0 Å². The first kappa shape index (κ1) is 13.1. The summed E-state index contributed by atoms with van der Waals surface area (Å²) < 4.78 is 26.6. The molecule has 2 rings (SSSR count). The average Bonchev–Trinajstić information content (AvgIpc) is 2.27. The number of hydrogen-bond donors (Lipinski definition) is 0. The second-order valence-corrected chi connectivity index (χ2v) is 5.46. The van der Waals surface area contributed by atoms with Gasteiger partial charge in [-0.05, 0) is 16.8 Å². The van der Waals surface area contributed by atoms with Gasteiger partial charge in [-0.2, -0.15) is 0 Å². The molecule has 0 spiro atoms. The Bertz CT molecular complexity index is 555. The highest BCUT2D eigenvalue weighted by Crippen LogP contribution is 2.39. The summed E-state index contributed by atoms with van der Waals surface area (Å²) in [5, 5.41) is 1.46. The summed E-state index contributed by atoms with van der Waals surface area (Å²) in [6.07, 6.45) is -2.59. The Hall–Kier alpha value is -0.380. The van der Waals surface area contributed by atoms with Gasteiger partial charge in [0.1, 0.15) is 4.84 Å². The molecule has 0 radical (unpaired) electrons. The molecule has 90 valence electrons. The van der Waals surface area contributed by atoms with Crippen molar-refractivity contribution in [1.29, 1.82) is 0 Å². The summed E-state index contributed by atoms with van der Waals surface area (Å²) in [4.78, 5) is -0.975. The van der Waals surface area contributed by atoms with Crippen LogP contribution in [-0.2, 0) is 0 Å². The number of hydrogen-bond acceptors (Lipinski definition) is 0. The molecule has 0 aliphatic heterocycles. The van der Waals surface area contributed by atoms with E-state index in [1.54, 1.807) is 18.2 Å². The number of rotatable bonds is 2. The largest absolute Gasteiger partial charge is 0.264 e. The van der Waals surface area contributed by atoms with E-state index in [9.17, 15) is 8.78 Å². The molecule has 0 saturated carbocycles. The second kappa shape index (κ2) is 5.09. The number of fused-ring (bicyclic) bond motifs is 1. The summed E-state index contributed by atoms with van der Waals surface area (Å²) in [6, 6.07) is 8.34. The molecule has 0 heterocycles. The molecule has 0 atom stereocenters. The van der Waals surface area contributed by atoms with Gasteiger partial charge in [0, 0.05) is 15.6 Å². The Morgan fingerprint density at radius 3 is 2.29 bits per heavy atom. The first-order valence-electron chi connectivity index (χ1n) is 4.79. The molecule has 0 fully saturated rings. The fraction of sp³-hybridized carbons (Fsp3) is 0.167. The molecule has 0 nitrogen and oxygen atoms in total. The van der Waals surface area contributed by atoms with Gasteiger partial charge < -0.3 is 0 Å². The smallest absolute Gasteiger partial charge is 0.205 e. The molecule has 0 aliphatic carbocycles. The van der Waals surface area contributed by atoms with Crippen molar-refractivity contribution >= 4 is 49.9 Å². The summed E-state index contributed by atoms with van der Waals surface area (Å²) in [7, 11) is 0. The van der Waals surface area contributed by atoms with Crippen molar-refractivity contribution in [1.82, 2.24) is 0 Å². The molecule has 0 amide bonds. The van der Waals surface area contributed by atoms with E-state index in [-0.39, 0.29) is 11.1 Å². The monoisotopic (exact) mass is 338 g/mol. The zero-order valence-electron chi connectivity index (χ0n) is 8.43. The Balaban J connectivity index is 2.84. The molecule has 0 N–H and O–H groups in total. The maximum atomic E-state index is 12.9. The van der Waals surface area contributed by atoms with Gasteiger partial charge in [-0.3, -0.25) is 0 Å². The summed E-state index contributed by atoms with van der Waals surface area (Å²) in [6.45, 7) is 0. The molecule has 2 aromatic carbocycles. The lowest BCUT2D eigenvalue weighted by Gasteiger charge is -2.14. The summed E-state index contributed by atoms with van der Waals surface area (Å²) in [5.41, 5.74) is 0.160. The van der Waals surface area contributed by atoms with Gasteiger partial charge in [0.25, 0.3) is 6.43 Å². The van der Waals surface area contributed by atoms with Crippen molar-refractivity contribution in [2.24, 2.45) is 0 Å². The van der Waals surface area contributed by atoms with Crippen molar-refractivity contribution in [3.05, 3.63) is 45.9 Å². The normalized spacial score (nSPS) is 11.7. The van der Waals surface area contributed by atoms with Gasteiger partial charge in [-0.25, -0.2) is 8.78 Å². The molecular formula is C12H7BrCl2F2.